The highest BCUT2D eigenvalue weighted by atomic mass is 79.9. The molecule has 0 spiro atoms. The van der Waals surface area contributed by atoms with Gasteiger partial charge in [-0.2, -0.15) is 26.3 Å². The predicted octanol–water partition coefficient (Wildman–Crippen LogP) is 3.96. The van der Waals surface area contributed by atoms with Crippen LogP contribution in [0.15, 0.2) is 28.7 Å². The monoisotopic (exact) mass is 365 g/mol. The number of hydrogen-bond donors (Lipinski definition) is 1. The quantitative estimate of drug-likeness (QED) is 0.819. The molecule has 0 heterocycles. The molecule has 0 saturated carbocycles. The van der Waals surface area contributed by atoms with Crippen LogP contribution in [0.25, 0.3) is 0 Å². The van der Waals surface area contributed by atoms with Crippen LogP contribution < -0.4 is 5.73 Å². The third-order valence-electron chi connectivity index (χ3n) is 2.33. The van der Waals surface area contributed by atoms with Crippen LogP contribution in [0.5, 0.6) is 0 Å². The predicted molar refractivity (Wildman–Crippen MR) is 62.9 cm³/mol. The lowest BCUT2D eigenvalue weighted by molar-refractivity contribution is -0.331. The summed E-state index contributed by atoms with van der Waals surface area (Å²) < 4.78 is 79.1. The normalized spacial score (nSPS) is 14.7. The molecular formula is C11H10BrF6NO. The van der Waals surface area contributed by atoms with Gasteiger partial charge in [0.2, 0.25) is 6.10 Å². The van der Waals surface area contributed by atoms with Gasteiger partial charge in [-0.1, -0.05) is 28.1 Å². The van der Waals surface area contributed by atoms with E-state index in [-0.39, 0.29) is 5.56 Å². The minimum atomic E-state index is -5.56. The van der Waals surface area contributed by atoms with Crippen molar-refractivity contribution < 1.29 is 31.1 Å². The molecule has 114 valence electrons. The van der Waals surface area contributed by atoms with Gasteiger partial charge in [-0.25, -0.2) is 0 Å². The second-order valence-electron chi connectivity index (χ2n) is 3.88. The molecule has 0 saturated heterocycles. The topological polar surface area (TPSA) is 35.2 Å². The van der Waals surface area contributed by atoms with Gasteiger partial charge in [0, 0.05) is 11.0 Å². The molecule has 0 amide bonds. The van der Waals surface area contributed by atoms with Crippen molar-refractivity contribution in [2.24, 2.45) is 5.73 Å². The SMILES string of the molecule is NCC(OC(C(F)(F)F)C(F)(F)F)c1cccc(Br)c1. The first-order chi connectivity index (χ1) is 9.05. The molecule has 2 N–H and O–H groups in total. The Morgan fingerprint density at radius 2 is 1.65 bits per heavy atom. The first-order valence-corrected chi connectivity index (χ1v) is 6.09. The van der Waals surface area contributed by atoms with Gasteiger partial charge in [0.15, 0.2) is 0 Å². The Morgan fingerprint density at radius 3 is 2.05 bits per heavy atom. The number of hydrogen-bond acceptors (Lipinski definition) is 2. The van der Waals surface area contributed by atoms with Gasteiger partial charge in [-0.3, -0.25) is 0 Å². The number of alkyl halides is 6. The molecule has 0 aliphatic heterocycles. The zero-order chi connectivity index (χ0) is 15.6. The van der Waals surface area contributed by atoms with Crippen LogP contribution in [0.3, 0.4) is 0 Å². The van der Waals surface area contributed by atoms with Crippen LogP contribution in [0.2, 0.25) is 0 Å². The molecule has 1 aromatic rings. The Bertz CT molecular complexity index is 433. The highest BCUT2D eigenvalue weighted by Gasteiger charge is 2.58. The van der Waals surface area contributed by atoms with E-state index in [1.165, 1.54) is 18.2 Å². The summed E-state index contributed by atoms with van der Waals surface area (Å²) in [5, 5.41) is 0. The van der Waals surface area contributed by atoms with E-state index >= 15 is 0 Å². The van der Waals surface area contributed by atoms with E-state index in [1.807, 2.05) is 0 Å². The standard InChI is InChI=1S/C11H10BrF6NO/c12-7-3-1-2-6(4-7)8(5-19)20-9(10(13,14)15)11(16,17)18/h1-4,8-9H,5,19H2. The minimum absolute atomic E-state index is 0.125. The fourth-order valence-corrected chi connectivity index (χ4v) is 1.90. The van der Waals surface area contributed by atoms with Crippen molar-refractivity contribution in [3.8, 4) is 0 Å². The van der Waals surface area contributed by atoms with E-state index in [9.17, 15) is 26.3 Å². The summed E-state index contributed by atoms with van der Waals surface area (Å²) in [5.74, 6) is 0. The van der Waals surface area contributed by atoms with E-state index in [1.54, 1.807) is 6.07 Å². The molecule has 0 aromatic heterocycles. The average Bonchev–Trinajstić information content (AvgIpc) is 2.26. The molecule has 9 heteroatoms. The Kier molecular flexibility index (Phi) is 5.45. The van der Waals surface area contributed by atoms with Crippen molar-refractivity contribution in [3.63, 3.8) is 0 Å². The van der Waals surface area contributed by atoms with Gasteiger partial charge in [-0.15, -0.1) is 0 Å². The van der Waals surface area contributed by atoms with Crippen LogP contribution in [-0.2, 0) is 4.74 Å². The van der Waals surface area contributed by atoms with Crippen LogP contribution in [0, 0.1) is 0 Å². The van der Waals surface area contributed by atoms with Crippen molar-refractivity contribution in [3.05, 3.63) is 34.3 Å². The second kappa shape index (κ2) is 6.31. The molecule has 2 nitrogen and oxygen atoms in total. The Hall–Kier alpha value is -0.800. The maximum absolute atomic E-state index is 12.4. The summed E-state index contributed by atoms with van der Waals surface area (Å²) in [6.45, 7) is -0.515. The van der Waals surface area contributed by atoms with Crippen LogP contribution in [0.1, 0.15) is 11.7 Å². The summed E-state index contributed by atoms with van der Waals surface area (Å²) in [6, 6.07) is 5.72. The van der Waals surface area contributed by atoms with Crippen molar-refractivity contribution >= 4 is 15.9 Å². The maximum atomic E-state index is 12.4. The zero-order valence-electron chi connectivity index (χ0n) is 9.80. The molecular weight excluding hydrogens is 356 g/mol. The van der Waals surface area contributed by atoms with Crippen LogP contribution in [-0.4, -0.2) is 25.0 Å². The number of rotatable bonds is 4. The molecule has 0 bridgehead atoms. The number of nitrogens with two attached hydrogens (primary N) is 1. The molecule has 20 heavy (non-hydrogen) atoms. The lowest BCUT2D eigenvalue weighted by atomic mass is 10.1. The molecule has 1 unspecified atom stereocenters. The summed E-state index contributed by atoms with van der Waals surface area (Å²) in [7, 11) is 0. The molecule has 1 aromatic carbocycles. The fraction of sp³-hybridized carbons (Fsp3) is 0.455. The summed E-state index contributed by atoms with van der Waals surface area (Å²) in [5.41, 5.74) is 5.34. The second-order valence-corrected chi connectivity index (χ2v) is 4.79. The van der Waals surface area contributed by atoms with Crippen molar-refractivity contribution in [1.29, 1.82) is 0 Å². The maximum Gasteiger partial charge on any atom is 0.423 e. The van der Waals surface area contributed by atoms with Gasteiger partial charge in [0.1, 0.15) is 0 Å². The van der Waals surface area contributed by atoms with Crippen molar-refractivity contribution in [2.45, 2.75) is 24.6 Å². The van der Waals surface area contributed by atoms with Gasteiger partial charge < -0.3 is 10.5 Å². The Morgan fingerprint density at radius 1 is 1.10 bits per heavy atom. The average molecular weight is 366 g/mol. The molecule has 0 radical (unpaired) electrons. The van der Waals surface area contributed by atoms with Gasteiger partial charge in [0.25, 0.3) is 0 Å². The van der Waals surface area contributed by atoms with E-state index in [2.05, 4.69) is 20.7 Å². The fourth-order valence-electron chi connectivity index (χ4n) is 1.48. The summed E-state index contributed by atoms with van der Waals surface area (Å²) >= 11 is 3.06. The van der Waals surface area contributed by atoms with E-state index < -0.39 is 31.1 Å². The van der Waals surface area contributed by atoms with Gasteiger partial charge in [0.05, 0.1) is 6.10 Å². The van der Waals surface area contributed by atoms with E-state index in [0.717, 1.165) is 0 Å². The molecule has 0 fully saturated rings. The van der Waals surface area contributed by atoms with Crippen molar-refractivity contribution in [2.75, 3.05) is 6.54 Å². The largest absolute Gasteiger partial charge is 0.423 e. The van der Waals surface area contributed by atoms with Crippen LogP contribution >= 0.6 is 15.9 Å². The highest BCUT2D eigenvalue weighted by molar-refractivity contribution is 9.10. The molecule has 0 aliphatic carbocycles. The Labute approximate surface area is 119 Å². The highest BCUT2D eigenvalue weighted by Crippen LogP contribution is 2.38. The molecule has 1 rings (SSSR count). The van der Waals surface area contributed by atoms with Gasteiger partial charge in [-0.05, 0) is 17.7 Å². The lowest BCUT2D eigenvalue weighted by Gasteiger charge is -2.27. The molecule has 0 aliphatic rings. The van der Waals surface area contributed by atoms with Crippen molar-refractivity contribution in [1.82, 2.24) is 0 Å². The number of ether oxygens (including phenoxy) is 1. The van der Waals surface area contributed by atoms with E-state index in [0.29, 0.717) is 4.47 Å². The molecule has 1 atom stereocenters. The van der Waals surface area contributed by atoms with Crippen LogP contribution in [0.4, 0.5) is 26.3 Å². The summed E-state index contributed by atoms with van der Waals surface area (Å²) in [4.78, 5) is 0. The minimum Gasteiger partial charge on any atom is -0.351 e. The first kappa shape index (κ1) is 17.3. The van der Waals surface area contributed by atoms with E-state index in [4.69, 9.17) is 5.73 Å². The number of halogens is 7. The Balaban J connectivity index is 3.01. The van der Waals surface area contributed by atoms with Gasteiger partial charge >= 0.3 is 12.4 Å². The first-order valence-electron chi connectivity index (χ1n) is 5.30. The zero-order valence-corrected chi connectivity index (χ0v) is 11.4. The number of benzene rings is 1. The lowest BCUT2D eigenvalue weighted by Crippen LogP contribution is -2.45. The third kappa shape index (κ3) is 4.64. The third-order valence-corrected chi connectivity index (χ3v) is 2.82. The smallest absolute Gasteiger partial charge is 0.351 e. The summed E-state index contributed by atoms with van der Waals surface area (Å²) in [6.07, 6.45) is -16.5.